The molecule has 0 saturated carbocycles. The minimum Gasteiger partial charge on any atom is -0.338 e. The fourth-order valence-corrected chi connectivity index (χ4v) is 5.91. The Bertz CT molecular complexity index is 1240. The van der Waals surface area contributed by atoms with Crippen LogP contribution in [0.5, 0.6) is 0 Å². The smallest absolute Gasteiger partial charge is 0.286 e. The molecule has 2 aromatic rings. The van der Waals surface area contributed by atoms with E-state index in [9.17, 15) is 21.2 Å². The van der Waals surface area contributed by atoms with Gasteiger partial charge in [-0.15, -0.1) is 4.40 Å². The maximum Gasteiger partial charge on any atom is 0.286 e. The highest BCUT2D eigenvalue weighted by atomic mass is 32.2. The molecule has 0 aromatic heterocycles. The van der Waals surface area contributed by atoms with Crippen LogP contribution in [0.1, 0.15) is 5.56 Å². The van der Waals surface area contributed by atoms with E-state index in [1.54, 1.807) is 12.1 Å². The van der Waals surface area contributed by atoms with Crippen LogP contribution in [0.15, 0.2) is 56.7 Å². The summed E-state index contributed by atoms with van der Waals surface area (Å²) in [7, 11) is -7.25. The zero-order valence-corrected chi connectivity index (χ0v) is 18.6. The van der Waals surface area contributed by atoms with E-state index in [1.807, 2.05) is 17.0 Å². The lowest BCUT2D eigenvalue weighted by Crippen LogP contribution is -2.48. The van der Waals surface area contributed by atoms with E-state index in [0.29, 0.717) is 37.6 Å². The summed E-state index contributed by atoms with van der Waals surface area (Å²) in [4.78, 5) is 4.36. The molecule has 1 fully saturated rings. The molecule has 1 saturated heterocycles. The predicted molar refractivity (Wildman–Crippen MR) is 116 cm³/mol. The van der Waals surface area contributed by atoms with Gasteiger partial charge in [-0.2, -0.15) is 8.42 Å². The highest BCUT2D eigenvalue weighted by Crippen LogP contribution is 2.29. The monoisotopic (exact) mass is 466 g/mol. The number of sulfone groups is 1. The molecule has 8 nitrogen and oxygen atoms in total. The Kier molecular flexibility index (Phi) is 5.86. The van der Waals surface area contributed by atoms with Crippen LogP contribution in [-0.2, 0) is 26.4 Å². The van der Waals surface area contributed by atoms with Gasteiger partial charge in [-0.3, -0.25) is 9.80 Å². The average molecular weight is 467 g/mol. The lowest BCUT2D eigenvalue weighted by molar-refractivity contribution is 0.139. The van der Waals surface area contributed by atoms with Crippen molar-refractivity contribution in [1.29, 1.82) is 0 Å². The van der Waals surface area contributed by atoms with Crippen molar-refractivity contribution >= 4 is 31.4 Å². The first-order chi connectivity index (χ1) is 14.6. The molecule has 2 aromatic carbocycles. The third-order valence-electron chi connectivity index (χ3n) is 5.36. The summed E-state index contributed by atoms with van der Waals surface area (Å²) >= 11 is 0. The van der Waals surface area contributed by atoms with Crippen molar-refractivity contribution in [2.75, 3.05) is 44.3 Å². The second kappa shape index (κ2) is 8.30. The molecule has 31 heavy (non-hydrogen) atoms. The van der Waals surface area contributed by atoms with Gasteiger partial charge < -0.3 is 5.32 Å². The van der Waals surface area contributed by atoms with Gasteiger partial charge >= 0.3 is 0 Å². The summed E-state index contributed by atoms with van der Waals surface area (Å²) < 4.78 is 66.7. The van der Waals surface area contributed by atoms with Crippen molar-refractivity contribution in [3.63, 3.8) is 0 Å². The first kappa shape index (κ1) is 21.9. The van der Waals surface area contributed by atoms with E-state index in [4.69, 9.17) is 0 Å². The molecular weight excluding hydrogens is 443 g/mol. The molecule has 2 heterocycles. The van der Waals surface area contributed by atoms with E-state index in [2.05, 4.69) is 14.6 Å². The first-order valence-corrected chi connectivity index (χ1v) is 13.1. The van der Waals surface area contributed by atoms with Gasteiger partial charge in [-0.1, -0.05) is 24.3 Å². The van der Waals surface area contributed by atoms with E-state index in [1.165, 1.54) is 24.5 Å². The highest BCUT2D eigenvalue weighted by Gasteiger charge is 2.29. The lowest BCUT2D eigenvalue weighted by Gasteiger charge is -2.35. The van der Waals surface area contributed by atoms with Crippen LogP contribution >= 0.6 is 0 Å². The summed E-state index contributed by atoms with van der Waals surface area (Å²) in [6.45, 7) is 3.42. The van der Waals surface area contributed by atoms with Gasteiger partial charge in [-0.05, 0) is 23.8 Å². The van der Waals surface area contributed by atoms with Gasteiger partial charge in [0.05, 0.1) is 17.1 Å². The molecule has 0 atom stereocenters. The van der Waals surface area contributed by atoms with Crippen molar-refractivity contribution in [2.24, 2.45) is 4.40 Å². The largest absolute Gasteiger partial charge is 0.338 e. The van der Waals surface area contributed by atoms with Crippen molar-refractivity contribution in [2.45, 2.75) is 16.3 Å². The second-order valence-corrected chi connectivity index (χ2v) is 11.2. The van der Waals surface area contributed by atoms with Crippen LogP contribution in [0.4, 0.5) is 10.1 Å². The number of anilines is 1. The number of fused-ring (bicyclic) bond motifs is 1. The number of benzene rings is 2. The molecule has 11 heteroatoms. The number of nitrogens with zero attached hydrogens (tertiary/aromatic N) is 3. The molecule has 166 valence electrons. The fraction of sp³-hybridized carbons (Fsp3) is 0.350. The van der Waals surface area contributed by atoms with Crippen LogP contribution < -0.4 is 5.32 Å². The Morgan fingerprint density at radius 3 is 2.32 bits per heavy atom. The predicted octanol–water partition coefficient (Wildman–Crippen LogP) is 1.56. The van der Waals surface area contributed by atoms with Crippen molar-refractivity contribution < 1.29 is 21.2 Å². The van der Waals surface area contributed by atoms with Crippen LogP contribution in [0.3, 0.4) is 0 Å². The van der Waals surface area contributed by atoms with Gasteiger partial charge in [0.1, 0.15) is 16.5 Å². The minimum absolute atomic E-state index is 0.0662. The van der Waals surface area contributed by atoms with Crippen LogP contribution in [0.2, 0.25) is 0 Å². The Morgan fingerprint density at radius 1 is 1.00 bits per heavy atom. The SMILES string of the molecule is CS(=O)(=O)c1ccccc1CN1CCN(CC2=NS(=O)(=O)c3cccc(F)c3N2)CC1. The van der Waals surface area contributed by atoms with Crippen LogP contribution in [0.25, 0.3) is 0 Å². The Hall–Kier alpha value is -2.34. The van der Waals surface area contributed by atoms with Crippen molar-refractivity contribution in [3.05, 3.63) is 53.8 Å². The zero-order valence-electron chi connectivity index (χ0n) is 17.0. The van der Waals surface area contributed by atoms with Gasteiger partial charge in [0.25, 0.3) is 10.0 Å². The molecule has 0 spiro atoms. The number of para-hydroxylation sites is 1. The molecule has 0 amide bonds. The molecule has 0 aliphatic carbocycles. The first-order valence-electron chi connectivity index (χ1n) is 9.75. The summed E-state index contributed by atoms with van der Waals surface area (Å²) in [5.74, 6) is -0.448. The Morgan fingerprint density at radius 2 is 1.65 bits per heavy atom. The molecule has 0 bridgehead atoms. The van der Waals surface area contributed by atoms with E-state index in [-0.39, 0.29) is 23.0 Å². The number of nitrogens with one attached hydrogen (secondary N) is 1. The fourth-order valence-electron chi connectivity index (χ4n) is 3.82. The Labute approximate surface area is 181 Å². The van der Waals surface area contributed by atoms with Gasteiger partial charge in [0.2, 0.25) is 0 Å². The highest BCUT2D eigenvalue weighted by molar-refractivity contribution is 7.91. The minimum atomic E-state index is -3.94. The number of rotatable bonds is 5. The van der Waals surface area contributed by atoms with Crippen LogP contribution in [-0.4, -0.2) is 71.5 Å². The summed E-state index contributed by atoms with van der Waals surface area (Å²) in [5, 5.41) is 2.82. The lowest BCUT2D eigenvalue weighted by atomic mass is 10.2. The van der Waals surface area contributed by atoms with E-state index in [0.717, 1.165) is 5.56 Å². The number of piperazine rings is 1. The third-order valence-corrected chi connectivity index (χ3v) is 7.91. The van der Waals surface area contributed by atoms with Crippen LogP contribution in [0, 0.1) is 5.82 Å². The quantitative estimate of drug-likeness (QED) is 0.714. The molecular formula is C20H23FN4O4S2. The van der Waals surface area contributed by atoms with E-state index < -0.39 is 25.7 Å². The molecule has 0 radical (unpaired) electrons. The number of hydrogen-bond acceptors (Lipinski definition) is 7. The van der Waals surface area contributed by atoms with E-state index >= 15 is 0 Å². The summed E-state index contributed by atoms with van der Waals surface area (Å²) in [5.41, 5.74) is 0.693. The normalized spacial score (nSPS) is 19.4. The number of amidine groups is 1. The van der Waals surface area contributed by atoms with Crippen molar-refractivity contribution in [3.8, 4) is 0 Å². The number of sulfonamides is 1. The topological polar surface area (TPSA) is 99.2 Å². The molecule has 4 rings (SSSR count). The number of halogens is 1. The van der Waals surface area contributed by atoms with Crippen molar-refractivity contribution in [1.82, 2.24) is 9.80 Å². The maximum atomic E-state index is 14.1. The molecule has 2 aliphatic heterocycles. The zero-order chi connectivity index (χ0) is 22.2. The maximum absolute atomic E-state index is 14.1. The van der Waals surface area contributed by atoms with Gasteiger partial charge in [0.15, 0.2) is 9.84 Å². The molecule has 2 aliphatic rings. The summed E-state index contributed by atoms with van der Waals surface area (Å²) in [6.07, 6.45) is 1.21. The third kappa shape index (κ3) is 4.79. The average Bonchev–Trinajstić information content (AvgIpc) is 2.70. The van der Waals surface area contributed by atoms with Gasteiger partial charge in [-0.25, -0.2) is 12.8 Å². The van der Waals surface area contributed by atoms with Gasteiger partial charge in [0, 0.05) is 39.0 Å². The summed E-state index contributed by atoms with van der Waals surface area (Å²) in [6, 6.07) is 10.8. The second-order valence-electron chi connectivity index (χ2n) is 7.68. The molecule has 1 N–H and O–H groups in total. The standard InChI is InChI=1S/C20H23FN4O4S2/c1-30(26,27)17-7-3-2-5-15(17)13-24-9-11-25(12-10-24)14-19-22-20-16(21)6-4-8-18(20)31(28,29)23-19/h2-8H,9-14H2,1H3,(H,22,23). The molecule has 0 unspecified atom stereocenters. The number of hydrogen-bond donors (Lipinski definition) is 1. The Balaban J connectivity index is 1.40.